The van der Waals surface area contributed by atoms with Crippen molar-refractivity contribution >= 4 is 6.21 Å². The second-order valence-electron chi connectivity index (χ2n) is 6.97. The Morgan fingerprint density at radius 1 is 0.933 bits per heavy atom. The van der Waals surface area contributed by atoms with Crippen molar-refractivity contribution in [1.82, 2.24) is 0 Å². The van der Waals surface area contributed by atoms with Gasteiger partial charge in [-0.25, -0.2) is 0 Å². The lowest BCUT2D eigenvalue weighted by molar-refractivity contribution is 0.214. The van der Waals surface area contributed by atoms with Crippen molar-refractivity contribution in [2.24, 2.45) is 5.16 Å². The predicted molar refractivity (Wildman–Crippen MR) is 122 cm³/mol. The summed E-state index contributed by atoms with van der Waals surface area (Å²) in [5.74, 6) is 2.67. The van der Waals surface area contributed by atoms with Gasteiger partial charge in [-0.15, -0.1) is 0 Å². The van der Waals surface area contributed by atoms with Crippen molar-refractivity contribution in [1.29, 1.82) is 0 Å². The van der Waals surface area contributed by atoms with Gasteiger partial charge in [-0.05, 0) is 74.6 Å². The van der Waals surface area contributed by atoms with Crippen LogP contribution in [-0.4, -0.2) is 33.1 Å². The molecule has 0 aromatic heterocycles. The van der Waals surface area contributed by atoms with Gasteiger partial charge in [-0.2, -0.15) is 0 Å². The molecule has 0 bridgehead atoms. The molecule has 0 fully saturated rings. The highest BCUT2D eigenvalue weighted by atomic mass is 16.6. The molecule has 0 aliphatic heterocycles. The molecule has 0 N–H and O–H groups in total. The molecular weight excluding hydrogens is 378 g/mol. The van der Waals surface area contributed by atoms with Crippen LogP contribution in [0.2, 0.25) is 0 Å². The predicted octanol–water partition coefficient (Wildman–Crippen LogP) is 5.67. The first-order valence-corrected chi connectivity index (χ1v) is 10.4. The highest BCUT2D eigenvalue weighted by Crippen LogP contribution is 2.28. The minimum Gasteiger partial charge on any atom is -0.493 e. The molecule has 0 radical (unpaired) electrons. The van der Waals surface area contributed by atoms with E-state index in [-0.39, 0.29) is 0 Å². The third kappa shape index (κ3) is 8.19. The van der Waals surface area contributed by atoms with Crippen molar-refractivity contribution in [2.45, 2.75) is 40.0 Å². The van der Waals surface area contributed by atoms with E-state index in [9.17, 15) is 0 Å². The summed E-state index contributed by atoms with van der Waals surface area (Å²) in [5, 5.41) is 3.76. The minimum atomic E-state index is 0.578. The van der Waals surface area contributed by atoms with E-state index in [1.807, 2.05) is 57.2 Å². The fourth-order valence-electron chi connectivity index (χ4n) is 3.03. The van der Waals surface area contributed by atoms with Gasteiger partial charge < -0.3 is 19.0 Å². The molecule has 30 heavy (non-hydrogen) atoms. The SMILES string of the molecule is C/C=C/COc1cc(C)c(OCCCOc2cccc(CC/C=N/OC)c2)c(C)c1. The van der Waals surface area contributed by atoms with Crippen LogP contribution in [0.25, 0.3) is 0 Å². The molecule has 0 saturated heterocycles. The number of nitrogens with zero attached hydrogens (tertiary/aromatic N) is 1. The Morgan fingerprint density at radius 3 is 2.43 bits per heavy atom. The zero-order valence-corrected chi connectivity index (χ0v) is 18.5. The van der Waals surface area contributed by atoms with Gasteiger partial charge in [0.25, 0.3) is 0 Å². The highest BCUT2D eigenvalue weighted by molar-refractivity contribution is 5.56. The smallest absolute Gasteiger partial charge is 0.125 e. The fourth-order valence-corrected chi connectivity index (χ4v) is 3.03. The van der Waals surface area contributed by atoms with Gasteiger partial charge in [0.15, 0.2) is 0 Å². The monoisotopic (exact) mass is 411 g/mol. The Balaban J connectivity index is 1.75. The average molecular weight is 412 g/mol. The zero-order chi connectivity index (χ0) is 21.6. The van der Waals surface area contributed by atoms with Crippen LogP contribution in [-0.2, 0) is 11.3 Å². The summed E-state index contributed by atoms with van der Waals surface area (Å²) in [6.45, 7) is 7.87. The summed E-state index contributed by atoms with van der Waals surface area (Å²) in [7, 11) is 1.55. The molecule has 2 rings (SSSR count). The Kier molecular flexibility index (Phi) is 10.3. The van der Waals surface area contributed by atoms with Gasteiger partial charge in [0.1, 0.15) is 31.0 Å². The largest absolute Gasteiger partial charge is 0.493 e. The molecule has 5 heteroatoms. The number of ether oxygens (including phenoxy) is 3. The lowest BCUT2D eigenvalue weighted by Crippen LogP contribution is -2.07. The zero-order valence-electron chi connectivity index (χ0n) is 18.5. The van der Waals surface area contributed by atoms with Crippen molar-refractivity contribution < 1.29 is 19.0 Å². The van der Waals surface area contributed by atoms with Crippen molar-refractivity contribution in [3.05, 3.63) is 65.2 Å². The van der Waals surface area contributed by atoms with E-state index >= 15 is 0 Å². The normalized spacial score (nSPS) is 11.2. The van der Waals surface area contributed by atoms with E-state index in [4.69, 9.17) is 14.2 Å². The number of allylic oxidation sites excluding steroid dienone is 1. The maximum Gasteiger partial charge on any atom is 0.125 e. The molecule has 2 aromatic rings. The lowest BCUT2D eigenvalue weighted by Gasteiger charge is -2.14. The standard InChI is InChI=1S/C25H33NO4/c1-5-6-14-29-24-17-20(2)25(21(3)18-24)30-16-9-15-28-23-12-7-10-22(19-23)11-8-13-26-27-4/h5-7,10,12-13,17-19H,8-9,11,14-16H2,1-4H3/b6-5+,26-13+. The van der Waals surface area contributed by atoms with Crippen LogP contribution in [0.3, 0.4) is 0 Å². The van der Waals surface area contributed by atoms with E-state index < -0.39 is 0 Å². The van der Waals surface area contributed by atoms with E-state index in [1.54, 1.807) is 13.3 Å². The van der Waals surface area contributed by atoms with Gasteiger partial charge in [0.2, 0.25) is 0 Å². The topological polar surface area (TPSA) is 49.3 Å². The number of hydrogen-bond acceptors (Lipinski definition) is 5. The molecule has 0 atom stereocenters. The van der Waals surface area contributed by atoms with Crippen LogP contribution in [0.5, 0.6) is 17.2 Å². The van der Waals surface area contributed by atoms with Gasteiger partial charge in [-0.3, -0.25) is 0 Å². The van der Waals surface area contributed by atoms with E-state index in [0.717, 1.165) is 47.6 Å². The molecule has 0 aliphatic carbocycles. The first-order valence-electron chi connectivity index (χ1n) is 10.4. The molecule has 0 saturated carbocycles. The van der Waals surface area contributed by atoms with E-state index in [2.05, 4.69) is 22.1 Å². The van der Waals surface area contributed by atoms with Crippen molar-refractivity contribution in [2.75, 3.05) is 26.9 Å². The molecule has 162 valence electrons. The molecule has 2 aromatic carbocycles. The Morgan fingerprint density at radius 2 is 1.70 bits per heavy atom. The van der Waals surface area contributed by atoms with Gasteiger partial charge in [-0.1, -0.05) is 29.4 Å². The molecule has 0 heterocycles. The third-order valence-corrected chi connectivity index (χ3v) is 4.46. The third-order valence-electron chi connectivity index (χ3n) is 4.46. The summed E-state index contributed by atoms with van der Waals surface area (Å²) in [4.78, 5) is 4.68. The maximum atomic E-state index is 6.01. The molecule has 0 aliphatic rings. The summed E-state index contributed by atoms with van der Waals surface area (Å²) >= 11 is 0. The summed E-state index contributed by atoms with van der Waals surface area (Å²) in [6.07, 6.45) is 8.29. The van der Waals surface area contributed by atoms with Gasteiger partial charge in [0.05, 0.1) is 13.2 Å². The number of hydrogen-bond donors (Lipinski definition) is 0. The maximum absolute atomic E-state index is 6.01. The van der Waals surface area contributed by atoms with Crippen LogP contribution in [0.15, 0.2) is 53.7 Å². The first-order chi connectivity index (χ1) is 14.6. The fraction of sp³-hybridized carbons (Fsp3) is 0.400. The Labute approximate surface area is 180 Å². The summed E-state index contributed by atoms with van der Waals surface area (Å²) in [6, 6.07) is 12.2. The van der Waals surface area contributed by atoms with Crippen LogP contribution >= 0.6 is 0 Å². The molecule has 0 amide bonds. The van der Waals surface area contributed by atoms with Gasteiger partial charge in [0, 0.05) is 12.6 Å². The molecule has 5 nitrogen and oxygen atoms in total. The second-order valence-corrected chi connectivity index (χ2v) is 6.97. The molecule has 0 spiro atoms. The Hall–Kier alpha value is -2.95. The summed E-state index contributed by atoms with van der Waals surface area (Å²) in [5.41, 5.74) is 3.38. The quantitative estimate of drug-likeness (QED) is 0.184. The van der Waals surface area contributed by atoms with Crippen LogP contribution < -0.4 is 14.2 Å². The Bertz CT molecular complexity index is 807. The van der Waals surface area contributed by atoms with Crippen molar-refractivity contribution in [3.8, 4) is 17.2 Å². The van der Waals surface area contributed by atoms with Crippen LogP contribution in [0.4, 0.5) is 0 Å². The minimum absolute atomic E-state index is 0.578. The number of aryl methyl sites for hydroxylation is 3. The first kappa shape index (κ1) is 23.3. The second kappa shape index (κ2) is 13.3. The number of oxime groups is 1. The van der Waals surface area contributed by atoms with Crippen LogP contribution in [0.1, 0.15) is 36.5 Å². The lowest BCUT2D eigenvalue weighted by atomic mass is 10.1. The highest BCUT2D eigenvalue weighted by Gasteiger charge is 2.07. The van der Waals surface area contributed by atoms with E-state index in [1.165, 1.54) is 5.56 Å². The molecular formula is C25H33NO4. The number of benzene rings is 2. The van der Waals surface area contributed by atoms with Gasteiger partial charge >= 0.3 is 0 Å². The summed E-state index contributed by atoms with van der Waals surface area (Å²) < 4.78 is 17.6. The number of rotatable bonds is 13. The van der Waals surface area contributed by atoms with Crippen LogP contribution in [0, 0.1) is 13.8 Å². The van der Waals surface area contributed by atoms with Crippen molar-refractivity contribution in [3.63, 3.8) is 0 Å². The van der Waals surface area contributed by atoms with E-state index in [0.29, 0.717) is 19.8 Å². The molecule has 0 unspecified atom stereocenters. The average Bonchev–Trinajstić information content (AvgIpc) is 2.73.